The number of halogens is 1. The van der Waals surface area contributed by atoms with Crippen LogP contribution in [0.25, 0.3) is 5.69 Å². The van der Waals surface area contributed by atoms with Gasteiger partial charge in [-0.3, -0.25) is 9.36 Å². The monoisotopic (exact) mass is 479 g/mol. The molecular formula is C20H22ClN5O5S. The molecule has 2 amide bonds. The highest BCUT2D eigenvalue weighted by atomic mass is 35.5. The average Bonchev–Trinajstić information content (AvgIpc) is 3.21. The Morgan fingerprint density at radius 2 is 2.09 bits per heavy atom. The van der Waals surface area contributed by atoms with Gasteiger partial charge in [0, 0.05) is 5.02 Å². The van der Waals surface area contributed by atoms with E-state index in [1.54, 1.807) is 24.5 Å². The van der Waals surface area contributed by atoms with Crippen LogP contribution >= 0.6 is 23.4 Å². The van der Waals surface area contributed by atoms with E-state index in [9.17, 15) is 14.4 Å². The highest BCUT2D eigenvalue weighted by Gasteiger charge is 2.30. The molecule has 2 aromatic rings. The summed E-state index contributed by atoms with van der Waals surface area (Å²) in [6, 6.07) is 4.47. The first-order chi connectivity index (χ1) is 15.3. The molecule has 10 nitrogen and oxygen atoms in total. The summed E-state index contributed by atoms with van der Waals surface area (Å²) < 4.78 is 12.0. The number of amides is 2. The van der Waals surface area contributed by atoms with Crippen molar-refractivity contribution in [1.29, 1.82) is 0 Å². The van der Waals surface area contributed by atoms with Crippen LogP contribution in [0.15, 0.2) is 41.0 Å². The van der Waals surface area contributed by atoms with Gasteiger partial charge in [0.1, 0.15) is 12.9 Å². The maximum Gasteiger partial charge on any atom is 0.338 e. The highest BCUT2D eigenvalue weighted by molar-refractivity contribution is 7.99. The smallest absolute Gasteiger partial charge is 0.338 e. The number of thioether (sulfide) groups is 1. The molecule has 0 fully saturated rings. The Morgan fingerprint density at radius 3 is 2.81 bits per heavy atom. The van der Waals surface area contributed by atoms with Crippen LogP contribution < -0.4 is 10.6 Å². The van der Waals surface area contributed by atoms with E-state index < -0.39 is 24.0 Å². The lowest BCUT2D eigenvalue weighted by atomic mass is 10.0. The maximum atomic E-state index is 12.3. The molecule has 1 aliphatic heterocycles. The summed E-state index contributed by atoms with van der Waals surface area (Å²) in [7, 11) is 0. The SMILES string of the molecule is CCOC(=O)C1=C(COC(=O)CSc2nncn2-c2ccc(C)c(Cl)c2)NC(=O)N[C@H]1C. The Labute approximate surface area is 193 Å². The van der Waals surface area contributed by atoms with Gasteiger partial charge in [0.2, 0.25) is 0 Å². The summed E-state index contributed by atoms with van der Waals surface area (Å²) >= 11 is 7.33. The fourth-order valence-corrected chi connectivity index (χ4v) is 3.84. The summed E-state index contributed by atoms with van der Waals surface area (Å²) in [5.41, 5.74) is 2.10. The molecule has 1 aromatic carbocycles. The molecule has 0 saturated heterocycles. The molecule has 0 unspecified atom stereocenters. The molecule has 1 atom stereocenters. The topological polar surface area (TPSA) is 124 Å². The van der Waals surface area contributed by atoms with Gasteiger partial charge in [-0.25, -0.2) is 9.59 Å². The predicted octanol–water partition coefficient (Wildman–Crippen LogP) is 2.38. The van der Waals surface area contributed by atoms with Crippen molar-refractivity contribution in [2.45, 2.75) is 32.0 Å². The van der Waals surface area contributed by atoms with E-state index in [4.69, 9.17) is 21.1 Å². The number of aryl methyl sites for hydroxylation is 1. The molecule has 0 aliphatic carbocycles. The Balaban J connectivity index is 1.64. The minimum absolute atomic E-state index is 0.0535. The zero-order valence-electron chi connectivity index (χ0n) is 17.7. The van der Waals surface area contributed by atoms with E-state index >= 15 is 0 Å². The highest BCUT2D eigenvalue weighted by Crippen LogP contribution is 2.24. The Kier molecular flexibility index (Phi) is 7.75. The van der Waals surface area contributed by atoms with Gasteiger partial charge in [-0.05, 0) is 38.5 Å². The Morgan fingerprint density at radius 1 is 1.31 bits per heavy atom. The number of rotatable bonds is 8. The van der Waals surface area contributed by atoms with Crippen molar-refractivity contribution in [3.05, 3.63) is 46.4 Å². The van der Waals surface area contributed by atoms with Crippen molar-refractivity contribution in [2.75, 3.05) is 19.0 Å². The fourth-order valence-electron chi connectivity index (χ4n) is 2.94. The number of benzene rings is 1. The van der Waals surface area contributed by atoms with Crippen molar-refractivity contribution < 1.29 is 23.9 Å². The van der Waals surface area contributed by atoms with Gasteiger partial charge in [-0.1, -0.05) is 29.4 Å². The van der Waals surface area contributed by atoms with E-state index in [1.807, 2.05) is 19.1 Å². The van der Waals surface area contributed by atoms with E-state index in [1.165, 1.54) is 6.33 Å². The number of hydrogen-bond acceptors (Lipinski definition) is 8. The fraction of sp³-hybridized carbons (Fsp3) is 0.350. The van der Waals surface area contributed by atoms with Crippen LogP contribution in [0, 0.1) is 6.92 Å². The first kappa shape index (κ1) is 23.6. The molecule has 0 bridgehead atoms. The standard InChI is InChI=1S/C20H22ClN5O5S/c1-4-30-18(28)17-12(3)23-19(29)24-15(17)8-31-16(27)9-32-20-25-22-10-26(20)13-6-5-11(2)14(21)7-13/h5-7,10,12H,4,8-9H2,1-3H3,(H2,23,24,29)/t12-/m0/s1. The molecule has 1 aliphatic rings. The summed E-state index contributed by atoms with van der Waals surface area (Å²) in [5.74, 6) is -1.19. The van der Waals surface area contributed by atoms with E-state index in [0.29, 0.717) is 10.2 Å². The van der Waals surface area contributed by atoms with Gasteiger partial charge < -0.3 is 20.1 Å². The van der Waals surface area contributed by atoms with Crippen LogP contribution in [0.5, 0.6) is 0 Å². The van der Waals surface area contributed by atoms with Crippen LogP contribution in [0.4, 0.5) is 4.79 Å². The summed E-state index contributed by atoms with van der Waals surface area (Å²) in [6.07, 6.45) is 1.52. The zero-order valence-corrected chi connectivity index (χ0v) is 19.2. The first-order valence-corrected chi connectivity index (χ1v) is 11.1. The molecular weight excluding hydrogens is 458 g/mol. The Bertz CT molecular complexity index is 1070. The van der Waals surface area contributed by atoms with Gasteiger partial charge in [0.05, 0.1) is 35.4 Å². The number of ether oxygens (including phenoxy) is 2. The molecule has 0 radical (unpaired) electrons. The van der Waals surface area contributed by atoms with Gasteiger partial charge in [0.15, 0.2) is 5.16 Å². The number of nitrogens with zero attached hydrogens (tertiary/aromatic N) is 3. The second-order valence-electron chi connectivity index (χ2n) is 6.80. The first-order valence-electron chi connectivity index (χ1n) is 9.72. The van der Waals surface area contributed by atoms with Crippen molar-refractivity contribution in [3.63, 3.8) is 0 Å². The van der Waals surface area contributed by atoms with Crippen LogP contribution in [-0.4, -0.2) is 57.7 Å². The minimum atomic E-state index is -0.585. The minimum Gasteiger partial charge on any atom is -0.463 e. The van der Waals surface area contributed by atoms with E-state index in [-0.39, 0.29) is 30.2 Å². The molecule has 170 valence electrons. The third-order valence-electron chi connectivity index (χ3n) is 4.51. The lowest BCUT2D eigenvalue weighted by Gasteiger charge is -2.26. The normalized spacial score (nSPS) is 15.8. The number of nitrogens with one attached hydrogen (secondary N) is 2. The molecule has 32 heavy (non-hydrogen) atoms. The molecule has 2 N–H and O–H groups in total. The van der Waals surface area contributed by atoms with Crippen molar-refractivity contribution in [1.82, 2.24) is 25.4 Å². The third kappa shape index (κ3) is 5.60. The van der Waals surface area contributed by atoms with Crippen molar-refractivity contribution >= 4 is 41.3 Å². The molecule has 12 heteroatoms. The molecule has 0 spiro atoms. The maximum absolute atomic E-state index is 12.3. The van der Waals surface area contributed by atoms with Gasteiger partial charge >= 0.3 is 18.0 Å². The largest absolute Gasteiger partial charge is 0.463 e. The molecule has 0 saturated carbocycles. The quantitative estimate of drug-likeness (QED) is 0.436. The second-order valence-corrected chi connectivity index (χ2v) is 8.15. The van der Waals surface area contributed by atoms with Crippen LogP contribution in [-0.2, 0) is 19.1 Å². The summed E-state index contributed by atoms with van der Waals surface area (Å²) in [5, 5.41) is 14.1. The second kappa shape index (κ2) is 10.5. The number of carbonyl (C=O) groups excluding carboxylic acids is 3. The van der Waals surface area contributed by atoms with Crippen LogP contribution in [0.1, 0.15) is 19.4 Å². The molecule has 1 aromatic heterocycles. The summed E-state index contributed by atoms with van der Waals surface area (Å²) in [6.45, 7) is 5.13. The molecule has 2 heterocycles. The average molecular weight is 480 g/mol. The summed E-state index contributed by atoms with van der Waals surface area (Å²) in [4.78, 5) is 36.3. The zero-order chi connectivity index (χ0) is 23.3. The number of carbonyl (C=O) groups is 3. The van der Waals surface area contributed by atoms with Crippen molar-refractivity contribution in [3.8, 4) is 5.69 Å². The van der Waals surface area contributed by atoms with Crippen molar-refractivity contribution in [2.24, 2.45) is 0 Å². The number of aromatic nitrogens is 3. The lowest BCUT2D eigenvalue weighted by Crippen LogP contribution is -2.50. The van der Waals surface area contributed by atoms with Gasteiger partial charge in [-0.2, -0.15) is 0 Å². The number of hydrogen-bond donors (Lipinski definition) is 2. The van der Waals surface area contributed by atoms with Gasteiger partial charge in [-0.15, -0.1) is 10.2 Å². The van der Waals surface area contributed by atoms with Gasteiger partial charge in [0.25, 0.3) is 0 Å². The van der Waals surface area contributed by atoms with E-state index in [0.717, 1.165) is 23.0 Å². The predicted molar refractivity (Wildman–Crippen MR) is 118 cm³/mol. The third-order valence-corrected chi connectivity index (χ3v) is 5.84. The van der Waals surface area contributed by atoms with E-state index in [2.05, 4.69) is 20.8 Å². The molecule has 3 rings (SSSR count). The lowest BCUT2D eigenvalue weighted by molar-refractivity contribution is -0.141. The number of urea groups is 1. The Hall–Kier alpha value is -3.05. The number of esters is 2. The van der Waals surface area contributed by atoms with Crippen LogP contribution in [0.3, 0.4) is 0 Å². The van der Waals surface area contributed by atoms with Crippen LogP contribution in [0.2, 0.25) is 5.02 Å².